The van der Waals surface area contributed by atoms with Gasteiger partial charge in [-0.25, -0.2) is 4.79 Å². The molecule has 2 unspecified atom stereocenters. The first-order valence-electron chi connectivity index (χ1n) is 11.4. The zero-order chi connectivity index (χ0) is 22.6. The van der Waals surface area contributed by atoms with Gasteiger partial charge in [0.15, 0.2) is 5.88 Å². The van der Waals surface area contributed by atoms with Crippen molar-refractivity contribution in [3.05, 3.63) is 99.9 Å². The summed E-state index contributed by atoms with van der Waals surface area (Å²) in [5.41, 5.74) is 3.47. The molecule has 1 aliphatic carbocycles. The van der Waals surface area contributed by atoms with Crippen LogP contribution in [0.15, 0.2) is 83.2 Å². The molecule has 6 nitrogen and oxygen atoms in total. The number of rotatable bonds is 5. The Balaban J connectivity index is 1.14. The van der Waals surface area contributed by atoms with E-state index in [-0.39, 0.29) is 17.6 Å². The number of carbonyl (C=O) groups is 1. The number of benzene rings is 2. The molecule has 2 heterocycles. The number of likely N-dealkylation sites (tertiary alicyclic amines) is 1. The van der Waals surface area contributed by atoms with Crippen LogP contribution in [0.4, 0.5) is 4.79 Å². The maximum atomic E-state index is 12.7. The lowest BCUT2D eigenvalue weighted by atomic mass is 10.0. The second-order valence-electron chi connectivity index (χ2n) is 8.65. The van der Waals surface area contributed by atoms with E-state index >= 15 is 0 Å². The van der Waals surface area contributed by atoms with Crippen molar-refractivity contribution in [1.29, 1.82) is 0 Å². The molecule has 2 N–H and O–H groups in total. The van der Waals surface area contributed by atoms with Crippen molar-refractivity contribution in [3.8, 4) is 11.6 Å². The lowest BCUT2D eigenvalue weighted by molar-refractivity contribution is 0.193. The Kier molecular flexibility index (Phi) is 5.98. The number of nitrogens with zero attached hydrogens (tertiary/aromatic N) is 1. The molecule has 6 heteroatoms. The largest absolute Gasteiger partial charge is 0.441 e. The number of nitrogens with one attached hydrogen (secondary N) is 2. The summed E-state index contributed by atoms with van der Waals surface area (Å²) in [6.45, 7) is 1.45. The van der Waals surface area contributed by atoms with Gasteiger partial charge in [0, 0.05) is 31.1 Å². The van der Waals surface area contributed by atoms with Gasteiger partial charge in [-0.3, -0.25) is 9.78 Å². The van der Waals surface area contributed by atoms with Crippen molar-refractivity contribution < 1.29 is 9.53 Å². The van der Waals surface area contributed by atoms with Gasteiger partial charge in [0.2, 0.25) is 0 Å². The van der Waals surface area contributed by atoms with Crippen LogP contribution >= 0.6 is 0 Å². The van der Waals surface area contributed by atoms with Gasteiger partial charge in [-0.2, -0.15) is 0 Å². The Hall–Kier alpha value is -3.80. The van der Waals surface area contributed by atoms with Gasteiger partial charge in [-0.05, 0) is 48.6 Å². The van der Waals surface area contributed by atoms with Gasteiger partial charge in [0.1, 0.15) is 5.75 Å². The Bertz CT molecular complexity index is 1210. The number of aromatic amines is 1. The monoisotopic (exact) mass is 441 g/mol. The molecule has 1 saturated heterocycles. The summed E-state index contributed by atoms with van der Waals surface area (Å²) in [4.78, 5) is 28.7. The Labute approximate surface area is 192 Å². The van der Waals surface area contributed by atoms with Crippen molar-refractivity contribution in [2.24, 2.45) is 0 Å². The summed E-state index contributed by atoms with van der Waals surface area (Å²) in [6.07, 6.45) is 4.90. The van der Waals surface area contributed by atoms with Crippen LogP contribution in [0.2, 0.25) is 0 Å². The smallest absolute Gasteiger partial charge is 0.317 e. The fourth-order valence-corrected chi connectivity index (χ4v) is 4.33. The average molecular weight is 442 g/mol. The third-order valence-electron chi connectivity index (χ3n) is 6.22. The van der Waals surface area contributed by atoms with Gasteiger partial charge in [0.25, 0.3) is 5.56 Å². The van der Waals surface area contributed by atoms with Gasteiger partial charge in [-0.15, -0.1) is 0 Å². The number of pyridine rings is 1. The minimum atomic E-state index is -0.196. The predicted molar refractivity (Wildman–Crippen MR) is 128 cm³/mol. The number of H-pyrrole nitrogens is 1. The molecule has 1 aromatic heterocycles. The Morgan fingerprint density at radius 3 is 2.58 bits per heavy atom. The first kappa shape index (κ1) is 21.1. The predicted octanol–water partition coefficient (Wildman–Crippen LogP) is 4.91. The second-order valence-corrected chi connectivity index (χ2v) is 8.65. The standard InChI is InChI=1S/C27H27N3O3/c31-25-10-5-11-26(29-25)33-22-9-4-6-20(17-22)16-19-12-14-30(15-13-19)27(32)28-24-18-23(24)21-7-2-1-3-8-21/h1-11,16-17,23-24H,12-15,18H2,(H,28,32)(H,29,31). The highest BCUT2D eigenvalue weighted by Crippen LogP contribution is 2.40. The van der Waals surface area contributed by atoms with Crippen molar-refractivity contribution in [2.45, 2.75) is 31.2 Å². The molecule has 2 amide bonds. The van der Waals surface area contributed by atoms with E-state index in [9.17, 15) is 9.59 Å². The van der Waals surface area contributed by atoms with Crippen molar-refractivity contribution >= 4 is 12.1 Å². The van der Waals surface area contributed by atoms with Crippen LogP contribution in [-0.2, 0) is 0 Å². The van der Waals surface area contributed by atoms with E-state index in [1.54, 1.807) is 12.1 Å². The summed E-state index contributed by atoms with van der Waals surface area (Å²) in [5, 5.41) is 3.20. The van der Waals surface area contributed by atoms with Gasteiger partial charge >= 0.3 is 6.03 Å². The van der Waals surface area contributed by atoms with E-state index in [0.717, 1.165) is 37.9 Å². The van der Waals surface area contributed by atoms with Gasteiger partial charge in [-0.1, -0.05) is 60.2 Å². The Morgan fingerprint density at radius 2 is 1.79 bits per heavy atom. The lowest BCUT2D eigenvalue weighted by Crippen LogP contribution is -2.44. The third-order valence-corrected chi connectivity index (χ3v) is 6.22. The average Bonchev–Trinajstić information content (AvgIpc) is 3.59. The van der Waals surface area contributed by atoms with Crippen LogP contribution in [0, 0.1) is 0 Å². The van der Waals surface area contributed by atoms with Crippen molar-refractivity contribution in [3.63, 3.8) is 0 Å². The highest BCUT2D eigenvalue weighted by atomic mass is 16.5. The molecule has 1 saturated carbocycles. The Morgan fingerprint density at radius 1 is 1.00 bits per heavy atom. The van der Waals surface area contributed by atoms with Crippen LogP contribution in [-0.4, -0.2) is 35.0 Å². The molecular formula is C27H27N3O3. The molecule has 2 aromatic carbocycles. The van der Waals surface area contributed by atoms with Crippen LogP contribution in [0.5, 0.6) is 11.6 Å². The third kappa shape index (κ3) is 5.34. The molecule has 0 spiro atoms. The molecule has 2 atom stereocenters. The molecule has 1 aliphatic heterocycles. The summed E-state index contributed by atoms with van der Waals surface area (Å²) < 4.78 is 5.77. The lowest BCUT2D eigenvalue weighted by Gasteiger charge is -2.28. The van der Waals surface area contributed by atoms with Gasteiger partial charge < -0.3 is 15.0 Å². The normalized spacial score (nSPS) is 19.6. The van der Waals surface area contributed by atoms with Gasteiger partial charge in [0.05, 0.1) is 0 Å². The molecule has 0 radical (unpaired) electrons. The highest BCUT2D eigenvalue weighted by Gasteiger charge is 2.40. The summed E-state index contributed by atoms with van der Waals surface area (Å²) in [7, 11) is 0. The molecule has 0 bridgehead atoms. The van der Waals surface area contributed by atoms with Crippen LogP contribution in [0.25, 0.3) is 6.08 Å². The van der Waals surface area contributed by atoms with E-state index in [1.165, 1.54) is 17.2 Å². The minimum Gasteiger partial charge on any atom is -0.441 e. The topological polar surface area (TPSA) is 74.4 Å². The number of hydrogen-bond acceptors (Lipinski definition) is 3. The molecule has 168 valence electrons. The van der Waals surface area contributed by atoms with E-state index in [1.807, 2.05) is 35.2 Å². The van der Waals surface area contributed by atoms with Crippen LogP contribution in [0.3, 0.4) is 0 Å². The highest BCUT2D eigenvalue weighted by molar-refractivity contribution is 5.75. The number of piperidine rings is 1. The summed E-state index contributed by atoms with van der Waals surface area (Å²) in [6, 6.07) is 23.3. The first-order chi connectivity index (χ1) is 16.1. The number of urea groups is 1. The molecular weight excluding hydrogens is 414 g/mol. The van der Waals surface area contributed by atoms with Crippen LogP contribution in [0.1, 0.15) is 36.3 Å². The molecule has 2 fully saturated rings. The zero-order valence-corrected chi connectivity index (χ0v) is 18.4. The minimum absolute atomic E-state index is 0.0460. The van der Waals surface area contributed by atoms with E-state index < -0.39 is 0 Å². The fraction of sp³-hybridized carbons (Fsp3) is 0.259. The van der Waals surface area contributed by atoms with E-state index in [2.05, 4.69) is 40.6 Å². The first-order valence-corrected chi connectivity index (χ1v) is 11.4. The van der Waals surface area contributed by atoms with Crippen molar-refractivity contribution in [1.82, 2.24) is 15.2 Å². The number of aromatic nitrogens is 1. The SMILES string of the molecule is O=C(NC1CC1c1ccccc1)N1CCC(=Cc2cccc(Oc3cccc(=O)[nH]3)c2)CC1. The maximum Gasteiger partial charge on any atom is 0.317 e. The number of carbonyl (C=O) groups excluding carboxylic acids is 1. The second kappa shape index (κ2) is 9.36. The van der Waals surface area contributed by atoms with E-state index in [4.69, 9.17) is 4.74 Å². The quantitative estimate of drug-likeness (QED) is 0.591. The zero-order valence-electron chi connectivity index (χ0n) is 18.4. The summed E-state index contributed by atoms with van der Waals surface area (Å²) >= 11 is 0. The summed E-state index contributed by atoms with van der Waals surface area (Å²) in [5.74, 6) is 1.52. The van der Waals surface area contributed by atoms with E-state index in [0.29, 0.717) is 17.5 Å². The molecule has 5 rings (SSSR count). The molecule has 3 aromatic rings. The number of ether oxygens (including phenoxy) is 1. The number of hydrogen-bond donors (Lipinski definition) is 2. The van der Waals surface area contributed by atoms with Crippen molar-refractivity contribution in [2.75, 3.05) is 13.1 Å². The maximum absolute atomic E-state index is 12.7. The molecule has 2 aliphatic rings. The van der Waals surface area contributed by atoms with Crippen LogP contribution < -0.4 is 15.6 Å². The fourth-order valence-electron chi connectivity index (χ4n) is 4.33. The molecule has 33 heavy (non-hydrogen) atoms. The number of amides is 2.